The summed E-state index contributed by atoms with van der Waals surface area (Å²) in [5, 5.41) is 2.92. The molecule has 1 rings (SSSR count). The summed E-state index contributed by atoms with van der Waals surface area (Å²) < 4.78 is 5.36. The summed E-state index contributed by atoms with van der Waals surface area (Å²) in [6.07, 6.45) is 3.31. The molecule has 1 aromatic rings. The quantitative estimate of drug-likeness (QED) is 0.807. The molecule has 0 saturated heterocycles. The second kappa shape index (κ2) is 7.75. The van der Waals surface area contributed by atoms with Crippen LogP contribution in [0, 0.1) is 0 Å². The fourth-order valence-corrected chi connectivity index (χ4v) is 1.90. The molecule has 1 amide bonds. The monoisotopic (exact) mass is 249 g/mol. The third-order valence-corrected chi connectivity index (χ3v) is 2.95. The molecule has 3 nitrogen and oxygen atoms in total. The number of aryl methyl sites for hydroxylation is 1. The fraction of sp³-hybridized carbons (Fsp3) is 0.533. The minimum Gasteiger partial charge on any atom is -0.496 e. The molecule has 0 saturated carbocycles. The van der Waals surface area contributed by atoms with Crippen LogP contribution in [0.2, 0.25) is 0 Å². The number of carbonyl (C=O) groups is 1. The van der Waals surface area contributed by atoms with Crippen molar-refractivity contribution in [1.29, 1.82) is 0 Å². The normalized spacial score (nSPS) is 10.2. The van der Waals surface area contributed by atoms with Gasteiger partial charge in [0, 0.05) is 13.0 Å². The second-order valence-corrected chi connectivity index (χ2v) is 4.35. The van der Waals surface area contributed by atoms with Crippen LogP contribution in [-0.2, 0) is 17.6 Å². The largest absolute Gasteiger partial charge is 0.496 e. The van der Waals surface area contributed by atoms with Crippen LogP contribution in [0.4, 0.5) is 0 Å². The highest BCUT2D eigenvalue weighted by Gasteiger charge is 2.03. The van der Waals surface area contributed by atoms with E-state index in [-0.39, 0.29) is 5.91 Å². The summed E-state index contributed by atoms with van der Waals surface area (Å²) in [7, 11) is 1.70. The summed E-state index contributed by atoms with van der Waals surface area (Å²) in [6, 6.07) is 6.26. The Hall–Kier alpha value is -1.51. The van der Waals surface area contributed by atoms with Crippen molar-refractivity contribution >= 4 is 5.91 Å². The molecule has 18 heavy (non-hydrogen) atoms. The molecule has 100 valence electrons. The standard InChI is InChI=1S/C15H23NO2/c1-4-6-15(17)16-10-9-12-7-8-13(5-2)14(11-12)18-3/h7-8,11H,4-6,9-10H2,1-3H3,(H,16,17). The smallest absolute Gasteiger partial charge is 0.219 e. The number of nitrogens with one attached hydrogen (secondary N) is 1. The zero-order valence-electron chi connectivity index (χ0n) is 11.6. The molecular weight excluding hydrogens is 226 g/mol. The van der Waals surface area contributed by atoms with Gasteiger partial charge in [0.05, 0.1) is 7.11 Å². The van der Waals surface area contributed by atoms with Crippen LogP contribution in [0.1, 0.15) is 37.8 Å². The Morgan fingerprint density at radius 2 is 2.11 bits per heavy atom. The van der Waals surface area contributed by atoms with Crippen LogP contribution < -0.4 is 10.1 Å². The van der Waals surface area contributed by atoms with Crippen LogP contribution in [0.15, 0.2) is 18.2 Å². The molecule has 0 aromatic heterocycles. The Kier molecular flexibility index (Phi) is 6.26. The summed E-state index contributed by atoms with van der Waals surface area (Å²) in [4.78, 5) is 11.3. The molecule has 0 aliphatic rings. The molecular formula is C15H23NO2. The molecule has 0 spiro atoms. The molecule has 0 atom stereocenters. The maximum Gasteiger partial charge on any atom is 0.219 e. The number of benzene rings is 1. The van der Waals surface area contributed by atoms with Gasteiger partial charge in [-0.15, -0.1) is 0 Å². The number of hydrogen-bond donors (Lipinski definition) is 1. The van der Waals surface area contributed by atoms with E-state index < -0.39 is 0 Å². The molecule has 0 aliphatic carbocycles. The second-order valence-electron chi connectivity index (χ2n) is 4.35. The number of carbonyl (C=O) groups excluding carboxylic acids is 1. The van der Waals surface area contributed by atoms with Gasteiger partial charge < -0.3 is 10.1 Å². The van der Waals surface area contributed by atoms with E-state index in [1.807, 2.05) is 6.92 Å². The summed E-state index contributed by atoms with van der Waals surface area (Å²) in [5.41, 5.74) is 2.41. The summed E-state index contributed by atoms with van der Waals surface area (Å²) in [6.45, 7) is 4.81. The lowest BCUT2D eigenvalue weighted by Crippen LogP contribution is -2.25. The van der Waals surface area contributed by atoms with Gasteiger partial charge in [-0.2, -0.15) is 0 Å². The molecule has 0 fully saturated rings. The van der Waals surface area contributed by atoms with E-state index in [4.69, 9.17) is 4.74 Å². The van der Waals surface area contributed by atoms with Crippen molar-refractivity contribution in [2.24, 2.45) is 0 Å². The fourth-order valence-electron chi connectivity index (χ4n) is 1.90. The van der Waals surface area contributed by atoms with Gasteiger partial charge in [-0.05, 0) is 36.5 Å². The topological polar surface area (TPSA) is 38.3 Å². The average molecular weight is 249 g/mol. The molecule has 0 heterocycles. The highest BCUT2D eigenvalue weighted by atomic mass is 16.5. The van der Waals surface area contributed by atoms with Crippen LogP contribution >= 0.6 is 0 Å². The van der Waals surface area contributed by atoms with Crippen molar-refractivity contribution in [2.75, 3.05) is 13.7 Å². The zero-order chi connectivity index (χ0) is 13.4. The van der Waals surface area contributed by atoms with E-state index in [0.717, 1.165) is 25.0 Å². The van der Waals surface area contributed by atoms with Gasteiger partial charge in [0.1, 0.15) is 5.75 Å². The van der Waals surface area contributed by atoms with E-state index >= 15 is 0 Å². The summed E-state index contributed by atoms with van der Waals surface area (Å²) in [5.74, 6) is 1.07. The lowest BCUT2D eigenvalue weighted by molar-refractivity contribution is -0.121. The molecule has 3 heteroatoms. The van der Waals surface area contributed by atoms with Gasteiger partial charge in [0.25, 0.3) is 0 Å². The van der Waals surface area contributed by atoms with Gasteiger partial charge in [0.2, 0.25) is 5.91 Å². The molecule has 0 bridgehead atoms. The van der Waals surface area contributed by atoms with Crippen molar-refractivity contribution in [2.45, 2.75) is 39.5 Å². The molecule has 1 N–H and O–H groups in total. The maximum absolute atomic E-state index is 11.3. The predicted octanol–water partition coefficient (Wildman–Crippen LogP) is 2.72. The van der Waals surface area contributed by atoms with E-state index in [1.54, 1.807) is 7.11 Å². The minimum absolute atomic E-state index is 0.134. The van der Waals surface area contributed by atoms with Crippen LogP contribution in [0.5, 0.6) is 5.75 Å². The first kappa shape index (κ1) is 14.6. The molecule has 1 aromatic carbocycles. The molecule has 0 aliphatic heterocycles. The Balaban J connectivity index is 2.50. The van der Waals surface area contributed by atoms with Crippen molar-refractivity contribution in [1.82, 2.24) is 5.32 Å². The highest BCUT2D eigenvalue weighted by Crippen LogP contribution is 2.20. The number of methoxy groups -OCH3 is 1. The van der Waals surface area contributed by atoms with E-state index in [1.165, 1.54) is 11.1 Å². The van der Waals surface area contributed by atoms with Crippen LogP contribution in [0.25, 0.3) is 0 Å². The maximum atomic E-state index is 11.3. The number of ether oxygens (including phenoxy) is 1. The van der Waals surface area contributed by atoms with Gasteiger partial charge in [-0.25, -0.2) is 0 Å². The Labute approximate surface area is 110 Å². The minimum atomic E-state index is 0.134. The summed E-state index contributed by atoms with van der Waals surface area (Å²) >= 11 is 0. The van der Waals surface area contributed by atoms with Crippen LogP contribution in [0.3, 0.4) is 0 Å². The van der Waals surface area contributed by atoms with Gasteiger partial charge in [-0.1, -0.05) is 26.0 Å². The number of hydrogen-bond acceptors (Lipinski definition) is 2. The Morgan fingerprint density at radius 1 is 1.33 bits per heavy atom. The zero-order valence-corrected chi connectivity index (χ0v) is 11.6. The van der Waals surface area contributed by atoms with Crippen molar-refractivity contribution in [3.05, 3.63) is 29.3 Å². The Morgan fingerprint density at radius 3 is 2.72 bits per heavy atom. The Bertz CT molecular complexity index is 388. The van der Waals surface area contributed by atoms with Crippen LogP contribution in [-0.4, -0.2) is 19.6 Å². The number of amides is 1. The SMILES string of the molecule is CCCC(=O)NCCc1ccc(CC)c(OC)c1. The third kappa shape index (κ3) is 4.40. The predicted molar refractivity (Wildman–Crippen MR) is 74.0 cm³/mol. The van der Waals surface area contributed by atoms with Crippen molar-refractivity contribution in [3.8, 4) is 5.75 Å². The molecule has 0 unspecified atom stereocenters. The van der Waals surface area contributed by atoms with E-state index in [9.17, 15) is 4.79 Å². The number of rotatable bonds is 7. The van der Waals surface area contributed by atoms with Crippen molar-refractivity contribution in [3.63, 3.8) is 0 Å². The first-order valence-corrected chi connectivity index (χ1v) is 6.63. The lowest BCUT2D eigenvalue weighted by atomic mass is 10.1. The average Bonchev–Trinajstić information content (AvgIpc) is 2.38. The van der Waals surface area contributed by atoms with Gasteiger partial charge in [-0.3, -0.25) is 4.79 Å². The van der Waals surface area contributed by atoms with E-state index in [2.05, 4.69) is 30.4 Å². The third-order valence-electron chi connectivity index (χ3n) is 2.95. The van der Waals surface area contributed by atoms with E-state index in [0.29, 0.717) is 13.0 Å². The van der Waals surface area contributed by atoms with Gasteiger partial charge >= 0.3 is 0 Å². The highest BCUT2D eigenvalue weighted by molar-refractivity contribution is 5.75. The first-order chi connectivity index (χ1) is 8.71. The van der Waals surface area contributed by atoms with Gasteiger partial charge in [0.15, 0.2) is 0 Å². The first-order valence-electron chi connectivity index (χ1n) is 6.63. The molecule has 0 radical (unpaired) electrons. The lowest BCUT2D eigenvalue weighted by Gasteiger charge is -2.10. The van der Waals surface area contributed by atoms with Crippen molar-refractivity contribution < 1.29 is 9.53 Å².